The van der Waals surface area contributed by atoms with E-state index in [1.54, 1.807) is 24.3 Å². The van der Waals surface area contributed by atoms with Gasteiger partial charge in [0.1, 0.15) is 12.4 Å². The van der Waals surface area contributed by atoms with Gasteiger partial charge in [-0.15, -0.1) is 0 Å². The van der Waals surface area contributed by atoms with E-state index in [2.05, 4.69) is 6.58 Å². The first-order valence-electron chi connectivity index (χ1n) is 5.10. The first-order valence-corrected chi connectivity index (χ1v) is 5.10. The van der Waals surface area contributed by atoms with Crippen LogP contribution in [0.2, 0.25) is 0 Å². The van der Waals surface area contributed by atoms with Crippen molar-refractivity contribution >= 4 is 18.0 Å². The van der Waals surface area contributed by atoms with Crippen LogP contribution in [0.3, 0.4) is 0 Å². The van der Waals surface area contributed by atoms with Gasteiger partial charge >= 0.3 is 11.9 Å². The van der Waals surface area contributed by atoms with Crippen LogP contribution in [-0.2, 0) is 20.9 Å². The fraction of sp³-hybridized carbons (Fsp3) is 0.231. The molecule has 1 aromatic rings. The van der Waals surface area contributed by atoms with Crippen LogP contribution >= 0.6 is 0 Å². The molecule has 17 heavy (non-hydrogen) atoms. The van der Waals surface area contributed by atoms with Crippen molar-refractivity contribution in [1.29, 1.82) is 0 Å². The number of benzene rings is 1. The van der Waals surface area contributed by atoms with Crippen LogP contribution in [0.4, 0.5) is 0 Å². The van der Waals surface area contributed by atoms with Gasteiger partial charge in [0.25, 0.3) is 0 Å². The van der Waals surface area contributed by atoms with Crippen molar-refractivity contribution in [2.75, 3.05) is 0 Å². The molecule has 0 N–H and O–H groups in total. The molecule has 4 nitrogen and oxygen atoms in total. The van der Waals surface area contributed by atoms with Gasteiger partial charge < -0.3 is 9.47 Å². The van der Waals surface area contributed by atoms with Gasteiger partial charge in [-0.1, -0.05) is 18.7 Å². The maximum absolute atomic E-state index is 10.9. The standard InChI is InChI=1S/C13H14O4/c1-4-11-5-6-13(17-10(3)15)12(7-11)8-16-9(2)14/h4-7H,1,8H2,2-3H3. The lowest BCUT2D eigenvalue weighted by molar-refractivity contribution is -0.142. The Labute approximate surface area is 99.8 Å². The van der Waals surface area contributed by atoms with Gasteiger partial charge in [0.05, 0.1) is 0 Å². The number of carbonyl (C=O) groups excluding carboxylic acids is 2. The van der Waals surface area contributed by atoms with Crippen molar-refractivity contribution in [3.05, 3.63) is 35.9 Å². The summed E-state index contributed by atoms with van der Waals surface area (Å²) in [6, 6.07) is 5.17. The summed E-state index contributed by atoms with van der Waals surface area (Å²) in [6.45, 7) is 6.35. The highest BCUT2D eigenvalue weighted by molar-refractivity contribution is 5.70. The molecule has 0 radical (unpaired) electrons. The fourth-order valence-electron chi connectivity index (χ4n) is 1.27. The van der Waals surface area contributed by atoms with Crippen molar-refractivity contribution in [3.8, 4) is 5.75 Å². The molecular formula is C13H14O4. The quantitative estimate of drug-likeness (QED) is 0.592. The largest absolute Gasteiger partial charge is 0.461 e. The molecule has 0 saturated carbocycles. The molecule has 0 aliphatic heterocycles. The number of hydrogen-bond donors (Lipinski definition) is 0. The van der Waals surface area contributed by atoms with E-state index in [9.17, 15) is 9.59 Å². The zero-order valence-corrected chi connectivity index (χ0v) is 9.86. The average Bonchev–Trinajstić information content (AvgIpc) is 2.27. The molecule has 0 atom stereocenters. The van der Waals surface area contributed by atoms with Crippen LogP contribution in [0.1, 0.15) is 25.0 Å². The molecule has 0 unspecified atom stereocenters. The first-order chi connectivity index (χ1) is 8.02. The summed E-state index contributed by atoms with van der Waals surface area (Å²) in [5.41, 5.74) is 1.50. The Morgan fingerprint density at radius 3 is 2.53 bits per heavy atom. The lowest BCUT2D eigenvalue weighted by Crippen LogP contribution is -2.06. The topological polar surface area (TPSA) is 52.6 Å². The summed E-state index contributed by atoms with van der Waals surface area (Å²) in [5.74, 6) is -0.410. The second kappa shape index (κ2) is 5.84. The van der Waals surface area contributed by atoms with E-state index in [1.165, 1.54) is 13.8 Å². The van der Waals surface area contributed by atoms with Crippen LogP contribution in [0, 0.1) is 0 Å². The van der Waals surface area contributed by atoms with E-state index >= 15 is 0 Å². The van der Waals surface area contributed by atoms with E-state index in [1.807, 2.05) is 0 Å². The molecule has 1 rings (SSSR count). The van der Waals surface area contributed by atoms with Crippen LogP contribution in [-0.4, -0.2) is 11.9 Å². The first kappa shape index (κ1) is 13.0. The molecule has 0 heterocycles. The van der Waals surface area contributed by atoms with Gasteiger partial charge in [-0.3, -0.25) is 9.59 Å². The van der Waals surface area contributed by atoms with Gasteiger partial charge in [0.15, 0.2) is 0 Å². The van der Waals surface area contributed by atoms with Gasteiger partial charge in [-0.2, -0.15) is 0 Å². The molecule has 0 fully saturated rings. The number of hydrogen-bond acceptors (Lipinski definition) is 4. The Kier molecular flexibility index (Phi) is 4.46. The zero-order valence-electron chi connectivity index (χ0n) is 9.86. The third kappa shape index (κ3) is 4.10. The molecule has 90 valence electrons. The Morgan fingerprint density at radius 2 is 2.00 bits per heavy atom. The number of rotatable bonds is 4. The Hall–Kier alpha value is -2.10. The highest BCUT2D eigenvalue weighted by Crippen LogP contribution is 2.22. The highest BCUT2D eigenvalue weighted by atomic mass is 16.5. The molecule has 1 aromatic carbocycles. The van der Waals surface area contributed by atoms with Gasteiger partial charge in [-0.05, 0) is 17.7 Å². The Morgan fingerprint density at radius 1 is 1.29 bits per heavy atom. The van der Waals surface area contributed by atoms with E-state index < -0.39 is 5.97 Å². The summed E-state index contributed by atoms with van der Waals surface area (Å²) >= 11 is 0. The average molecular weight is 234 g/mol. The normalized spacial score (nSPS) is 9.53. The van der Waals surface area contributed by atoms with Crippen molar-refractivity contribution in [2.45, 2.75) is 20.5 Å². The fourth-order valence-corrected chi connectivity index (χ4v) is 1.27. The minimum atomic E-state index is -0.416. The van der Waals surface area contributed by atoms with Crippen molar-refractivity contribution in [1.82, 2.24) is 0 Å². The van der Waals surface area contributed by atoms with Gasteiger partial charge in [0, 0.05) is 19.4 Å². The molecular weight excluding hydrogens is 220 g/mol. The predicted octanol–water partition coefficient (Wildman–Crippen LogP) is 2.32. The minimum Gasteiger partial charge on any atom is -0.461 e. The van der Waals surface area contributed by atoms with Crippen molar-refractivity contribution in [3.63, 3.8) is 0 Å². The SMILES string of the molecule is C=Cc1ccc(OC(C)=O)c(COC(C)=O)c1. The summed E-state index contributed by atoms with van der Waals surface area (Å²) < 4.78 is 9.90. The van der Waals surface area contributed by atoms with Crippen LogP contribution < -0.4 is 4.74 Å². The Balaban J connectivity index is 2.97. The maximum atomic E-state index is 10.9. The maximum Gasteiger partial charge on any atom is 0.308 e. The molecule has 0 bridgehead atoms. The van der Waals surface area contributed by atoms with Crippen LogP contribution in [0.5, 0.6) is 5.75 Å². The summed E-state index contributed by atoms with van der Waals surface area (Å²) in [7, 11) is 0. The molecule has 0 aliphatic carbocycles. The number of carbonyl (C=O) groups is 2. The number of esters is 2. The summed E-state index contributed by atoms with van der Waals surface area (Å²) in [4.78, 5) is 21.7. The summed E-state index contributed by atoms with van der Waals surface area (Å²) in [5, 5.41) is 0. The van der Waals surface area contributed by atoms with Gasteiger partial charge in [0.2, 0.25) is 0 Å². The van der Waals surface area contributed by atoms with Crippen LogP contribution in [0.25, 0.3) is 6.08 Å². The van der Waals surface area contributed by atoms with Crippen molar-refractivity contribution in [2.24, 2.45) is 0 Å². The molecule has 0 amide bonds. The van der Waals surface area contributed by atoms with E-state index in [0.717, 1.165) is 5.56 Å². The van der Waals surface area contributed by atoms with E-state index in [-0.39, 0.29) is 12.6 Å². The smallest absolute Gasteiger partial charge is 0.308 e. The van der Waals surface area contributed by atoms with E-state index in [4.69, 9.17) is 9.47 Å². The zero-order chi connectivity index (χ0) is 12.8. The lowest BCUT2D eigenvalue weighted by atomic mass is 10.1. The second-order valence-corrected chi connectivity index (χ2v) is 3.45. The molecule has 4 heteroatoms. The molecule has 0 aromatic heterocycles. The van der Waals surface area contributed by atoms with Crippen molar-refractivity contribution < 1.29 is 19.1 Å². The highest BCUT2D eigenvalue weighted by Gasteiger charge is 2.08. The Bertz CT molecular complexity index is 449. The van der Waals surface area contributed by atoms with Crippen LogP contribution in [0.15, 0.2) is 24.8 Å². The molecule has 0 spiro atoms. The summed E-state index contributed by atoms with van der Waals surface area (Å²) in [6.07, 6.45) is 1.66. The third-order valence-corrected chi connectivity index (χ3v) is 2.00. The third-order valence-electron chi connectivity index (χ3n) is 2.00. The van der Waals surface area contributed by atoms with Gasteiger partial charge in [-0.25, -0.2) is 0 Å². The second-order valence-electron chi connectivity index (χ2n) is 3.45. The molecule has 0 aliphatic rings. The monoisotopic (exact) mass is 234 g/mol. The minimum absolute atomic E-state index is 0.0691. The lowest BCUT2D eigenvalue weighted by Gasteiger charge is -2.09. The van der Waals surface area contributed by atoms with E-state index in [0.29, 0.717) is 11.3 Å². The molecule has 0 saturated heterocycles. The number of ether oxygens (including phenoxy) is 2. The predicted molar refractivity (Wildman–Crippen MR) is 63.3 cm³/mol.